The number of rotatable bonds is 3. The molecule has 6 nitrogen and oxygen atoms in total. The Morgan fingerprint density at radius 2 is 1.90 bits per heavy atom. The van der Waals surface area contributed by atoms with Crippen molar-refractivity contribution < 1.29 is 26.8 Å². The highest BCUT2D eigenvalue weighted by Gasteiger charge is 2.63. The van der Waals surface area contributed by atoms with Crippen LogP contribution in [0.25, 0.3) is 0 Å². The summed E-state index contributed by atoms with van der Waals surface area (Å²) in [7, 11) is -3.85. The molecule has 0 saturated carbocycles. The number of hydrogen-bond donors (Lipinski definition) is 0. The van der Waals surface area contributed by atoms with E-state index in [0.29, 0.717) is 6.61 Å². The summed E-state index contributed by atoms with van der Waals surface area (Å²) in [5, 5.41) is 0. The molecule has 3 fully saturated rings. The zero-order valence-electron chi connectivity index (χ0n) is 10.8. The van der Waals surface area contributed by atoms with E-state index in [2.05, 4.69) is 0 Å². The second kappa shape index (κ2) is 4.25. The number of ether oxygens (including phenoxy) is 3. The molecule has 3 aliphatic heterocycles. The maximum Gasteiger partial charge on any atom is 0.297 e. The van der Waals surface area contributed by atoms with E-state index in [1.54, 1.807) is 12.1 Å². The summed E-state index contributed by atoms with van der Waals surface area (Å²) in [5.41, 5.74) is 0.984. The third-order valence-corrected chi connectivity index (χ3v) is 5.13. The molecule has 0 spiro atoms. The predicted octanol–water partition coefficient (Wildman–Crippen LogP) is 0.591. The van der Waals surface area contributed by atoms with E-state index in [-0.39, 0.29) is 23.2 Å². The van der Waals surface area contributed by atoms with Gasteiger partial charge in [0.1, 0.15) is 18.3 Å². The third kappa shape index (κ3) is 1.97. The van der Waals surface area contributed by atoms with Crippen LogP contribution in [0.4, 0.5) is 0 Å². The van der Waals surface area contributed by atoms with Gasteiger partial charge in [-0.3, -0.25) is 4.18 Å². The van der Waals surface area contributed by atoms with Crippen LogP contribution in [-0.4, -0.2) is 45.7 Å². The van der Waals surface area contributed by atoms with Gasteiger partial charge in [-0.05, 0) is 19.1 Å². The maximum atomic E-state index is 12.3. The summed E-state index contributed by atoms with van der Waals surface area (Å²) in [6.45, 7) is 2.32. The van der Waals surface area contributed by atoms with Crippen molar-refractivity contribution in [2.24, 2.45) is 0 Å². The van der Waals surface area contributed by atoms with Crippen LogP contribution in [-0.2, 0) is 28.5 Å². The van der Waals surface area contributed by atoms with E-state index in [1.165, 1.54) is 12.1 Å². The summed E-state index contributed by atoms with van der Waals surface area (Å²) in [5.74, 6) is 0. The monoisotopic (exact) mass is 298 g/mol. The fourth-order valence-electron chi connectivity index (χ4n) is 2.65. The van der Waals surface area contributed by atoms with E-state index in [9.17, 15) is 8.42 Å². The molecule has 7 heteroatoms. The van der Waals surface area contributed by atoms with Crippen molar-refractivity contribution in [3.63, 3.8) is 0 Å². The van der Waals surface area contributed by atoms with Crippen LogP contribution < -0.4 is 0 Å². The van der Waals surface area contributed by atoms with Crippen molar-refractivity contribution in [3.05, 3.63) is 29.8 Å². The van der Waals surface area contributed by atoms with Gasteiger partial charge in [-0.2, -0.15) is 8.42 Å². The lowest BCUT2D eigenvalue weighted by molar-refractivity contribution is -0.133. The Hall–Kier alpha value is -0.990. The zero-order valence-corrected chi connectivity index (χ0v) is 11.6. The molecule has 0 aromatic heterocycles. The Bertz CT molecular complexity index is 625. The molecule has 0 aliphatic carbocycles. The van der Waals surface area contributed by atoms with Crippen molar-refractivity contribution in [2.75, 3.05) is 6.61 Å². The minimum atomic E-state index is -3.85. The summed E-state index contributed by atoms with van der Waals surface area (Å²) < 4.78 is 46.2. The van der Waals surface area contributed by atoms with Gasteiger partial charge >= 0.3 is 0 Å². The Morgan fingerprint density at radius 1 is 1.15 bits per heavy atom. The SMILES string of the molecule is Cc1ccc(S(=O)(=O)O[C@@H]2[C@@H]3OCC(O3)[C@H]3O[C@H]23)cc1. The molecule has 0 radical (unpaired) electrons. The predicted molar refractivity (Wildman–Crippen MR) is 66.5 cm³/mol. The fourth-order valence-corrected chi connectivity index (χ4v) is 3.72. The number of fused-ring (bicyclic) bond motifs is 4. The lowest BCUT2D eigenvalue weighted by Gasteiger charge is -2.23. The highest BCUT2D eigenvalue weighted by atomic mass is 32.2. The molecule has 2 bridgehead atoms. The van der Waals surface area contributed by atoms with Crippen molar-refractivity contribution in [3.8, 4) is 0 Å². The van der Waals surface area contributed by atoms with Crippen molar-refractivity contribution >= 4 is 10.1 Å². The van der Waals surface area contributed by atoms with Crippen LogP contribution in [0, 0.1) is 6.92 Å². The molecular weight excluding hydrogens is 284 g/mol. The van der Waals surface area contributed by atoms with Gasteiger partial charge in [0.25, 0.3) is 10.1 Å². The van der Waals surface area contributed by atoms with Crippen LogP contribution in [0.1, 0.15) is 5.56 Å². The molecule has 1 aromatic rings. The lowest BCUT2D eigenvalue weighted by Crippen LogP contribution is -2.42. The first-order valence-corrected chi connectivity index (χ1v) is 7.88. The summed E-state index contributed by atoms with van der Waals surface area (Å²) in [6, 6.07) is 6.51. The average Bonchev–Trinajstić information content (AvgIpc) is 3.09. The first kappa shape index (κ1) is 12.7. The molecular formula is C13H14O6S. The van der Waals surface area contributed by atoms with E-state index in [0.717, 1.165) is 5.56 Å². The molecule has 5 atom stereocenters. The zero-order chi connectivity index (χ0) is 13.9. The number of epoxide rings is 1. The van der Waals surface area contributed by atoms with Crippen LogP contribution in [0.3, 0.4) is 0 Å². The van der Waals surface area contributed by atoms with Gasteiger partial charge in [0.05, 0.1) is 11.5 Å². The fraction of sp³-hybridized carbons (Fsp3) is 0.538. The Morgan fingerprint density at radius 3 is 2.65 bits per heavy atom. The molecule has 0 amide bonds. The molecule has 1 unspecified atom stereocenters. The quantitative estimate of drug-likeness (QED) is 0.600. The second-order valence-corrected chi connectivity index (χ2v) is 6.84. The Kier molecular flexibility index (Phi) is 2.71. The van der Waals surface area contributed by atoms with Crippen LogP contribution >= 0.6 is 0 Å². The Labute approximate surface area is 116 Å². The van der Waals surface area contributed by atoms with Gasteiger partial charge in [0.2, 0.25) is 0 Å². The number of aryl methyl sites for hydroxylation is 1. The van der Waals surface area contributed by atoms with E-state index < -0.39 is 22.5 Å². The molecule has 3 aliphatic rings. The normalized spacial score (nSPS) is 38.5. The van der Waals surface area contributed by atoms with Gasteiger partial charge < -0.3 is 14.2 Å². The highest BCUT2D eigenvalue weighted by Crippen LogP contribution is 2.43. The summed E-state index contributed by atoms with van der Waals surface area (Å²) in [6.07, 6.45) is -1.84. The average molecular weight is 298 g/mol. The van der Waals surface area contributed by atoms with Crippen LogP contribution in [0.2, 0.25) is 0 Å². The summed E-state index contributed by atoms with van der Waals surface area (Å²) >= 11 is 0. The van der Waals surface area contributed by atoms with Crippen molar-refractivity contribution in [1.82, 2.24) is 0 Å². The lowest BCUT2D eigenvalue weighted by atomic mass is 10.1. The second-order valence-electron chi connectivity index (χ2n) is 5.27. The molecule has 20 heavy (non-hydrogen) atoms. The van der Waals surface area contributed by atoms with E-state index in [1.807, 2.05) is 6.92 Å². The standard InChI is InChI=1S/C13H14O6S/c1-7-2-4-8(5-3-7)20(14,15)19-12-11-10(18-11)9-6-16-13(12)17-9/h2-5,9-13H,6H2,1H3/t9?,10-,11+,12+,13-/m1/s1. The molecule has 4 rings (SSSR count). The van der Waals surface area contributed by atoms with Gasteiger partial charge in [-0.25, -0.2) is 0 Å². The third-order valence-electron chi connectivity index (χ3n) is 3.80. The number of benzene rings is 1. The molecule has 3 saturated heterocycles. The van der Waals surface area contributed by atoms with Gasteiger partial charge in [0.15, 0.2) is 12.4 Å². The minimum absolute atomic E-state index is 0.0908. The molecule has 1 aromatic carbocycles. The van der Waals surface area contributed by atoms with Gasteiger partial charge in [-0.15, -0.1) is 0 Å². The highest BCUT2D eigenvalue weighted by molar-refractivity contribution is 7.86. The maximum absolute atomic E-state index is 12.3. The topological polar surface area (TPSA) is 74.4 Å². The van der Waals surface area contributed by atoms with Crippen molar-refractivity contribution in [1.29, 1.82) is 0 Å². The summed E-state index contributed by atoms with van der Waals surface area (Å²) in [4.78, 5) is 0.125. The number of hydrogen-bond acceptors (Lipinski definition) is 6. The van der Waals surface area contributed by atoms with Gasteiger partial charge in [0, 0.05) is 0 Å². The minimum Gasteiger partial charge on any atom is -0.364 e. The molecule has 108 valence electrons. The smallest absolute Gasteiger partial charge is 0.297 e. The molecule has 3 heterocycles. The first-order chi connectivity index (χ1) is 9.54. The largest absolute Gasteiger partial charge is 0.364 e. The van der Waals surface area contributed by atoms with Crippen molar-refractivity contribution in [2.45, 2.75) is 42.5 Å². The van der Waals surface area contributed by atoms with E-state index >= 15 is 0 Å². The Balaban J connectivity index is 1.57. The van der Waals surface area contributed by atoms with Crippen LogP contribution in [0.15, 0.2) is 29.2 Å². The van der Waals surface area contributed by atoms with Gasteiger partial charge in [-0.1, -0.05) is 17.7 Å². The van der Waals surface area contributed by atoms with E-state index in [4.69, 9.17) is 18.4 Å². The molecule has 0 N–H and O–H groups in total. The first-order valence-electron chi connectivity index (χ1n) is 6.47. The van der Waals surface area contributed by atoms with Crippen LogP contribution in [0.5, 0.6) is 0 Å².